The Morgan fingerprint density at radius 2 is 1.05 bits per heavy atom. The zero-order chi connectivity index (χ0) is 46.8. The number of amides is 4. The summed E-state index contributed by atoms with van der Waals surface area (Å²) in [5, 5.41) is 9.69. The molecule has 0 bridgehead atoms. The molecule has 4 heterocycles. The first-order valence-electron chi connectivity index (χ1n) is 17.7. The number of carbonyl (C=O) groups excluding carboxylic acids is 4. The maximum absolute atomic E-state index is 11.6. The minimum Gasteiger partial charge on any atom is -0.444 e. The van der Waals surface area contributed by atoms with E-state index in [4.69, 9.17) is 59.7 Å². The summed E-state index contributed by atoms with van der Waals surface area (Å²) >= 11 is 20.6. The van der Waals surface area contributed by atoms with Gasteiger partial charge in [-0.15, -0.1) is 70.2 Å². The molecule has 0 fully saturated rings. The second kappa shape index (κ2) is 29.0. The predicted molar refractivity (Wildman–Crippen MR) is 268 cm³/mol. The fourth-order valence-electron chi connectivity index (χ4n) is 3.31. The molecule has 0 saturated heterocycles. The topological polar surface area (TPSA) is 214 Å². The van der Waals surface area contributed by atoms with Crippen molar-refractivity contribution in [2.75, 3.05) is 15.3 Å². The molecule has 0 aliphatic rings. The third-order valence-corrected chi connectivity index (χ3v) is 10.2. The number of hydrogen-bond donors (Lipinski definition) is 5. The number of anilines is 3. The van der Waals surface area contributed by atoms with Gasteiger partial charge in [-0.1, -0.05) is 23.2 Å². The molecule has 0 radical (unpaired) electrons. The highest BCUT2D eigenvalue weighted by atomic mass is 79.9. The fourth-order valence-corrected chi connectivity index (χ4v) is 7.20. The van der Waals surface area contributed by atoms with Crippen LogP contribution in [0.5, 0.6) is 0 Å². The molecular formula is C38H60BrCl4N7O8S4. The Morgan fingerprint density at radius 1 is 0.629 bits per heavy atom. The second-order valence-corrected chi connectivity index (χ2v) is 22.5. The summed E-state index contributed by atoms with van der Waals surface area (Å²) in [4.78, 5) is 47.2. The van der Waals surface area contributed by atoms with Gasteiger partial charge in [-0.25, -0.2) is 46.7 Å². The number of thiophene rings is 4. The lowest BCUT2D eigenvalue weighted by Gasteiger charge is -2.23. The van der Waals surface area contributed by atoms with Crippen molar-refractivity contribution < 1.29 is 38.1 Å². The fraction of sp³-hybridized carbons (Fsp3) is 0.474. The second-order valence-electron chi connectivity index (χ2n) is 15.9. The molecule has 15 nitrogen and oxygen atoms in total. The zero-order valence-electron chi connectivity index (χ0n) is 37.1. The monoisotopic (exact) mass is 1090 g/mol. The Bertz CT molecular complexity index is 1850. The van der Waals surface area contributed by atoms with Crippen LogP contribution in [0.4, 0.5) is 34.9 Å². The molecule has 0 aliphatic heterocycles. The van der Waals surface area contributed by atoms with E-state index in [1.165, 1.54) is 43.4 Å². The first-order chi connectivity index (χ1) is 27.2. The zero-order valence-corrected chi connectivity index (χ0v) is 45.1. The van der Waals surface area contributed by atoms with Gasteiger partial charge in [-0.2, -0.15) is 0 Å². The summed E-state index contributed by atoms with van der Waals surface area (Å²) in [6.07, 6.45) is -2.21. The van der Waals surface area contributed by atoms with Crippen LogP contribution in [0.25, 0.3) is 0 Å². The highest BCUT2D eigenvalue weighted by molar-refractivity contribution is 9.10. The van der Waals surface area contributed by atoms with Gasteiger partial charge in [0.15, 0.2) is 0 Å². The Morgan fingerprint density at radius 3 is 1.35 bits per heavy atom. The van der Waals surface area contributed by atoms with E-state index in [9.17, 15) is 19.2 Å². The van der Waals surface area contributed by atoms with Crippen molar-refractivity contribution in [3.8, 4) is 0 Å². The molecular weight excluding hydrogens is 1030 g/mol. The summed E-state index contributed by atoms with van der Waals surface area (Å²) in [5.41, 5.74) is 0.482. The largest absolute Gasteiger partial charge is 0.444 e. The molecule has 8 N–H and O–H groups in total. The molecule has 4 aromatic heterocycles. The summed E-state index contributed by atoms with van der Waals surface area (Å²) in [7, 11) is 0. The summed E-state index contributed by atoms with van der Waals surface area (Å²) in [6.45, 7) is 25.5. The molecule has 24 heteroatoms. The van der Waals surface area contributed by atoms with Gasteiger partial charge in [0.25, 0.3) is 0 Å². The Kier molecular flexibility index (Phi) is 29.8. The molecule has 0 unspecified atom stereocenters. The van der Waals surface area contributed by atoms with Crippen molar-refractivity contribution in [1.82, 2.24) is 5.43 Å². The first kappa shape index (κ1) is 63.7. The lowest BCUT2D eigenvalue weighted by atomic mass is 10.2. The number of hydrogen-bond acceptors (Lipinski definition) is 15. The first-order valence-corrected chi connectivity index (χ1v) is 22.7. The molecule has 0 aliphatic carbocycles. The maximum Gasteiger partial charge on any atom is 0.430 e. The van der Waals surface area contributed by atoms with Crippen LogP contribution in [0.3, 0.4) is 0 Å². The molecule has 4 amide bonds. The van der Waals surface area contributed by atoms with E-state index in [1.54, 1.807) is 97.9 Å². The molecule has 0 atom stereocenters. The van der Waals surface area contributed by atoms with Gasteiger partial charge < -0.3 is 18.9 Å². The van der Waals surface area contributed by atoms with Crippen LogP contribution in [0, 0.1) is 13.8 Å². The number of aryl methyl sites for hydroxylation is 2. The predicted octanol–water partition coefficient (Wildman–Crippen LogP) is 13.5. The highest BCUT2D eigenvalue weighted by Crippen LogP contribution is 2.29. The van der Waals surface area contributed by atoms with Gasteiger partial charge >= 0.3 is 24.4 Å². The minimum atomic E-state index is -0.609. The number of nitrogens with one attached hydrogen (secondary N) is 2. The number of ether oxygens (including phenoxy) is 4. The van der Waals surface area contributed by atoms with E-state index >= 15 is 0 Å². The molecule has 0 saturated carbocycles. The summed E-state index contributed by atoms with van der Waals surface area (Å²) in [6, 6.07) is 10.7. The van der Waals surface area contributed by atoms with Crippen molar-refractivity contribution in [1.29, 1.82) is 0 Å². The highest BCUT2D eigenvalue weighted by Gasteiger charge is 2.23. The van der Waals surface area contributed by atoms with Crippen LogP contribution in [0.1, 0.15) is 92.8 Å². The average Bonchev–Trinajstić information content (AvgIpc) is 3.88. The Hall–Kier alpha value is -2.60. The number of rotatable bonds is 3. The SMILES string of the molecule is CC(C)(C)OC(=O)N(N)c1ccc(Cl)s1.CC(C)(C)OC(=O)NN.CC(C)(C)OC(=O)Nc1ccc(Cl)s1.Cc1cc(Br)cs1.Cc1cc(N(N)C(=O)OC(C)(C)C)cs1.Cl.Cl. The number of carbonyl (C=O) groups is 4. The van der Waals surface area contributed by atoms with E-state index in [-0.39, 0.29) is 24.8 Å². The lowest BCUT2D eigenvalue weighted by Crippen LogP contribution is -2.41. The van der Waals surface area contributed by atoms with Crippen LogP contribution in [-0.2, 0) is 18.9 Å². The van der Waals surface area contributed by atoms with E-state index < -0.39 is 46.8 Å². The smallest absolute Gasteiger partial charge is 0.430 e. The van der Waals surface area contributed by atoms with Gasteiger partial charge in [-0.3, -0.25) is 10.7 Å². The van der Waals surface area contributed by atoms with Gasteiger partial charge in [-0.05, 0) is 149 Å². The number of nitrogens with two attached hydrogens (primary N) is 3. The van der Waals surface area contributed by atoms with Crippen molar-refractivity contribution in [3.63, 3.8) is 0 Å². The van der Waals surface area contributed by atoms with Crippen LogP contribution < -0.4 is 38.3 Å². The van der Waals surface area contributed by atoms with Gasteiger partial charge in [0, 0.05) is 25.0 Å². The van der Waals surface area contributed by atoms with E-state index in [0.717, 1.165) is 14.9 Å². The minimum absolute atomic E-state index is 0. The summed E-state index contributed by atoms with van der Waals surface area (Å²) in [5.74, 6) is 15.9. The molecule has 0 spiro atoms. The van der Waals surface area contributed by atoms with Crippen molar-refractivity contribution in [2.45, 2.75) is 119 Å². The quantitative estimate of drug-likeness (QED) is 0.0563. The van der Waals surface area contributed by atoms with Crippen molar-refractivity contribution >= 4 is 149 Å². The standard InChI is InChI=1S/C10H16N2O2S.C9H13ClN2O2S.C9H12ClNO2S.C5H5BrS.C5H12N2O2.2ClH/c1-7-5-8(6-15-7)12(11)9(13)14-10(2,3)4;1-9(2,3)14-8(13)12(11)7-5-4-6(10)15-7;1-9(2,3)13-8(12)11-7-5-4-6(10)14-7;1-4-2-5(6)3-7-4;1-5(2,3)9-4(8)7-6;;/h5-6H,11H2,1-4H3;4-5H,11H2,1-3H3;4-5H,1-3H3,(H,11,12);2-3H,1H3;6H2,1-3H3,(H,7,8);2*1H. The average molecular weight is 1090 g/mol. The van der Waals surface area contributed by atoms with Gasteiger partial charge in [0.05, 0.1) is 19.4 Å². The molecule has 4 aromatic rings. The summed E-state index contributed by atoms with van der Waals surface area (Å²) < 4.78 is 22.4. The van der Waals surface area contributed by atoms with E-state index in [2.05, 4.69) is 39.6 Å². The number of nitrogens with zero attached hydrogens (tertiary/aromatic N) is 2. The number of hydrazine groups is 3. The number of halogens is 5. The van der Waals surface area contributed by atoms with Crippen LogP contribution in [0.2, 0.25) is 8.67 Å². The van der Waals surface area contributed by atoms with Crippen LogP contribution in [-0.4, -0.2) is 46.8 Å². The molecule has 4 rings (SSSR count). The van der Waals surface area contributed by atoms with Gasteiger partial charge in [0.1, 0.15) is 27.4 Å². The maximum atomic E-state index is 11.6. The third-order valence-electron chi connectivity index (χ3n) is 5.38. The van der Waals surface area contributed by atoms with Crippen LogP contribution in [0.15, 0.2) is 51.6 Å². The Labute approximate surface area is 412 Å². The van der Waals surface area contributed by atoms with Gasteiger partial charge in [0.2, 0.25) is 0 Å². The van der Waals surface area contributed by atoms with E-state index in [0.29, 0.717) is 24.4 Å². The normalized spacial score (nSPS) is 10.6. The van der Waals surface area contributed by atoms with Crippen LogP contribution >= 0.6 is 109 Å². The Balaban J connectivity index is -0.000000713. The molecule has 62 heavy (non-hydrogen) atoms. The lowest BCUT2D eigenvalue weighted by molar-refractivity contribution is 0.0523. The van der Waals surface area contributed by atoms with Crippen molar-refractivity contribution in [2.24, 2.45) is 17.5 Å². The van der Waals surface area contributed by atoms with Crippen molar-refractivity contribution in [3.05, 3.63) is 70.1 Å². The molecule has 354 valence electrons. The third kappa shape index (κ3) is 32.1. The van der Waals surface area contributed by atoms with E-state index in [1.807, 2.05) is 44.6 Å². The molecule has 0 aromatic carbocycles.